The predicted octanol–water partition coefficient (Wildman–Crippen LogP) is 2.13. The van der Waals surface area contributed by atoms with Gasteiger partial charge < -0.3 is 9.67 Å². The van der Waals surface area contributed by atoms with Gasteiger partial charge in [0.15, 0.2) is 0 Å². The largest absolute Gasteiger partial charge is 0.477 e. The van der Waals surface area contributed by atoms with Gasteiger partial charge in [-0.15, -0.1) is 0 Å². The van der Waals surface area contributed by atoms with Gasteiger partial charge in [0.1, 0.15) is 16.9 Å². The summed E-state index contributed by atoms with van der Waals surface area (Å²) in [4.78, 5) is 26.3. The molecule has 0 fully saturated rings. The maximum absolute atomic E-state index is 12.6. The number of fused-ring (bicyclic) bond motifs is 1. The van der Waals surface area contributed by atoms with E-state index in [9.17, 15) is 22.8 Å². The molecular formula is C12H9F3N2O3. The van der Waals surface area contributed by atoms with Crippen LogP contribution < -0.4 is 5.43 Å². The Labute approximate surface area is 110 Å². The molecule has 8 heteroatoms. The molecule has 5 nitrogen and oxygen atoms in total. The van der Waals surface area contributed by atoms with Gasteiger partial charge in [-0.2, -0.15) is 13.2 Å². The van der Waals surface area contributed by atoms with Gasteiger partial charge in [-0.3, -0.25) is 4.79 Å². The van der Waals surface area contributed by atoms with Crippen LogP contribution in [0.2, 0.25) is 0 Å². The van der Waals surface area contributed by atoms with Crippen molar-refractivity contribution in [3.05, 3.63) is 39.8 Å². The Bertz CT molecular complexity index is 750. The van der Waals surface area contributed by atoms with E-state index in [0.717, 1.165) is 12.3 Å². The van der Waals surface area contributed by atoms with Crippen LogP contribution in [-0.2, 0) is 12.7 Å². The van der Waals surface area contributed by atoms with E-state index >= 15 is 0 Å². The molecule has 2 heterocycles. The van der Waals surface area contributed by atoms with Crippen LogP contribution in [0.1, 0.15) is 23.0 Å². The highest BCUT2D eigenvalue weighted by Crippen LogP contribution is 2.28. The first kappa shape index (κ1) is 14.0. The Balaban J connectivity index is 2.87. The number of pyridine rings is 2. The number of rotatable bonds is 2. The first-order valence-corrected chi connectivity index (χ1v) is 5.60. The van der Waals surface area contributed by atoms with E-state index in [1.165, 1.54) is 4.57 Å². The molecule has 0 saturated heterocycles. The van der Waals surface area contributed by atoms with Crippen molar-refractivity contribution in [2.75, 3.05) is 0 Å². The third kappa shape index (κ3) is 2.24. The van der Waals surface area contributed by atoms with E-state index < -0.39 is 28.8 Å². The fraction of sp³-hybridized carbons (Fsp3) is 0.250. The van der Waals surface area contributed by atoms with Gasteiger partial charge >= 0.3 is 12.1 Å². The Morgan fingerprint density at radius 3 is 2.55 bits per heavy atom. The molecule has 0 aliphatic heterocycles. The minimum atomic E-state index is -4.63. The molecule has 0 amide bonds. The van der Waals surface area contributed by atoms with Crippen molar-refractivity contribution in [2.45, 2.75) is 19.6 Å². The van der Waals surface area contributed by atoms with Crippen LogP contribution in [0.4, 0.5) is 13.2 Å². The fourth-order valence-corrected chi connectivity index (χ4v) is 1.82. The number of halogens is 3. The summed E-state index contributed by atoms with van der Waals surface area (Å²) < 4.78 is 39.1. The first-order chi connectivity index (χ1) is 9.25. The summed E-state index contributed by atoms with van der Waals surface area (Å²) in [6.45, 7) is 1.79. The van der Waals surface area contributed by atoms with E-state index in [1.54, 1.807) is 6.92 Å². The van der Waals surface area contributed by atoms with Crippen LogP contribution in [0.15, 0.2) is 23.1 Å². The third-order valence-corrected chi connectivity index (χ3v) is 2.78. The van der Waals surface area contributed by atoms with E-state index in [-0.39, 0.29) is 17.6 Å². The molecule has 2 rings (SSSR count). The Kier molecular flexibility index (Phi) is 3.24. The normalized spacial score (nSPS) is 11.8. The van der Waals surface area contributed by atoms with Gasteiger partial charge in [0.2, 0.25) is 5.43 Å². The molecule has 2 aromatic rings. The van der Waals surface area contributed by atoms with Crippen molar-refractivity contribution < 1.29 is 23.1 Å². The topological polar surface area (TPSA) is 72.2 Å². The number of carboxylic acids is 1. The van der Waals surface area contributed by atoms with E-state index in [0.29, 0.717) is 6.07 Å². The molecule has 0 radical (unpaired) electrons. The van der Waals surface area contributed by atoms with Crippen molar-refractivity contribution in [2.24, 2.45) is 0 Å². The summed E-state index contributed by atoms with van der Waals surface area (Å²) in [5.41, 5.74) is -2.66. The van der Waals surface area contributed by atoms with Crippen LogP contribution in [-0.4, -0.2) is 20.6 Å². The minimum Gasteiger partial charge on any atom is -0.477 e. The second-order valence-corrected chi connectivity index (χ2v) is 4.03. The quantitative estimate of drug-likeness (QED) is 0.918. The lowest BCUT2D eigenvalue weighted by Gasteiger charge is -2.11. The second kappa shape index (κ2) is 4.62. The third-order valence-electron chi connectivity index (χ3n) is 2.78. The molecule has 0 saturated carbocycles. The summed E-state index contributed by atoms with van der Waals surface area (Å²) in [6, 6.07) is 1.61. The summed E-state index contributed by atoms with van der Waals surface area (Å²) in [5, 5.41) is 8.76. The van der Waals surface area contributed by atoms with Crippen LogP contribution in [0.25, 0.3) is 11.0 Å². The Morgan fingerprint density at radius 2 is 2.05 bits per heavy atom. The molecule has 0 unspecified atom stereocenters. The van der Waals surface area contributed by atoms with Crippen molar-refractivity contribution in [1.82, 2.24) is 9.55 Å². The fourth-order valence-electron chi connectivity index (χ4n) is 1.82. The van der Waals surface area contributed by atoms with Gasteiger partial charge in [0.25, 0.3) is 0 Å². The van der Waals surface area contributed by atoms with Gasteiger partial charge in [-0.1, -0.05) is 0 Å². The highest BCUT2D eigenvalue weighted by atomic mass is 19.4. The van der Waals surface area contributed by atoms with E-state index in [2.05, 4.69) is 4.98 Å². The zero-order valence-corrected chi connectivity index (χ0v) is 10.2. The molecule has 106 valence electrons. The summed E-state index contributed by atoms with van der Waals surface area (Å²) in [6.07, 6.45) is -3.63. The lowest BCUT2D eigenvalue weighted by molar-refractivity contribution is -0.141. The molecule has 20 heavy (non-hydrogen) atoms. The second-order valence-electron chi connectivity index (χ2n) is 4.03. The van der Waals surface area contributed by atoms with Crippen LogP contribution in [0.5, 0.6) is 0 Å². The highest BCUT2D eigenvalue weighted by molar-refractivity contribution is 5.91. The zero-order chi connectivity index (χ0) is 15.1. The van der Waals surface area contributed by atoms with Crippen molar-refractivity contribution in [3.63, 3.8) is 0 Å². The van der Waals surface area contributed by atoms with Gasteiger partial charge in [-0.05, 0) is 19.1 Å². The molecule has 0 bridgehead atoms. The molecule has 0 aliphatic carbocycles. The van der Waals surface area contributed by atoms with E-state index in [4.69, 9.17) is 5.11 Å². The number of aromatic nitrogens is 2. The number of nitrogens with zero attached hydrogens (tertiary/aromatic N) is 2. The van der Waals surface area contributed by atoms with E-state index in [1.807, 2.05) is 0 Å². The summed E-state index contributed by atoms with van der Waals surface area (Å²) in [7, 11) is 0. The Hall–Kier alpha value is -2.38. The van der Waals surface area contributed by atoms with Gasteiger partial charge in [-0.25, -0.2) is 9.78 Å². The monoisotopic (exact) mass is 286 g/mol. The van der Waals surface area contributed by atoms with Gasteiger partial charge in [0, 0.05) is 12.7 Å². The molecular weight excluding hydrogens is 277 g/mol. The minimum absolute atomic E-state index is 0.153. The maximum Gasteiger partial charge on any atom is 0.433 e. The number of hydrogen-bond acceptors (Lipinski definition) is 3. The molecule has 0 atom stereocenters. The number of hydrogen-bond donors (Lipinski definition) is 1. The van der Waals surface area contributed by atoms with Crippen molar-refractivity contribution in [1.29, 1.82) is 0 Å². The maximum atomic E-state index is 12.6. The first-order valence-electron chi connectivity index (χ1n) is 5.60. The predicted molar refractivity (Wildman–Crippen MR) is 63.6 cm³/mol. The average Bonchev–Trinajstić information content (AvgIpc) is 2.37. The molecule has 1 N–H and O–H groups in total. The van der Waals surface area contributed by atoms with Gasteiger partial charge in [0.05, 0.1) is 5.39 Å². The molecule has 0 spiro atoms. The number of carbonyl (C=O) groups is 1. The number of aryl methyl sites for hydroxylation is 1. The number of aromatic carboxylic acids is 1. The molecule has 0 aliphatic rings. The zero-order valence-electron chi connectivity index (χ0n) is 10.2. The SMILES string of the molecule is CCn1cc(C(=O)O)c(=O)c2ccc(C(F)(F)F)nc21. The standard InChI is InChI=1S/C12H9F3N2O3/c1-2-17-5-7(11(19)20)9(18)6-3-4-8(12(13,14)15)16-10(6)17/h3-5H,2H2,1H3,(H,19,20). The smallest absolute Gasteiger partial charge is 0.433 e. The lowest BCUT2D eigenvalue weighted by Crippen LogP contribution is -2.20. The molecule has 2 aromatic heterocycles. The Morgan fingerprint density at radius 1 is 1.40 bits per heavy atom. The van der Waals surface area contributed by atoms with Crippen LogP contribution >= 0.6 is 0 Å². The number of alkyl halides is 3. The van der Waals surface area contributed by atoms with Crippen molar-refractivity contribution >= 4 is 17.0 Å². The number of carboxylic acid groups (broad SMARTS) is 1. The summed E-state index contributed by atoms with van der Waals surface area (Å²) in [5.74, 6) is -1.43. The average molecular weight is 286 g/mol. The lowest BCUT2D eigenvalue weighted by atomic mass is 10.2. The highest BCUT2D eigenvalue weighted by Gasteiger charge is 2.33. The van der Waals surface area contributed by atoms with Crippen LogP contribution in [0, 0.1) is 0 Å². The van der Waals surface area contributed by atoms with Crippen molar-refractivity contribution in [3.8, 4) is 0 Å². The summed E-state index contributed by atoms with van der Waals surface area (Å²) >= 11 is 0. The molecule has 0 aromatic carbocycles. The van der Waals surface area contributed by atoms with Crippen LogP contribution in [0.3, 0.4) is 0 Å².